The Balaban J connectivity index is 1.47. The molecule has 0 spiro atoms. The summed E-state index contributed by atoms with van der Waals surface area (Å²) in [5.74, 6) is 3.07. The summed E-state index contributed by atoms with van der Waals surface area (Å²) in [6.45, 7) is 4.94. The summed E-state index contributed by atoms with van der Waals surface area (Å²) in [5, 5.41) is 3.58. The van der Waals surface area contributed by atoms with Crippen molar-refractivity contribution in [1.29, 1.82) is 0 Å². The molecule has 0 radical (unpaired) electrons. The Labute approximate surface area is 69.6 Å². The highest BCUT2D eigenvalue weighted by molar-refractivity contribution is 4.84. The van der Waals surface area contributed by atoms with Gasteiger partial charge in [-0.25, -0.2) is 0 Å². The molecule has 0 unspecified atom stereocenters. The van der Waals surface area contributed by atoms with E-state index in [1.807, 2.05) is 0 Å². The molecule has 2 rings (SSSR count). The second-order valence-electron chi connectivity index (χ2n) is 4.43. The van der Waals surface area contributed by atoms with E-state index < -0.39 is 0 Å². The fraction of sp³-hybridized carbons (Fsp3) is 1.00. The van der Waals surface area contributed by atoms with Crippen molar-refractivity contribution in [3.8, 4) is 0 Å². The Morgan fingerprint density at radius 2 is 2.00 bits per heavy atom. The second-order valence-corrected chi connectivity index (χ2v) is 4.43. The topological polar surface area (TPSA) is 12.0 Å². The Kier molecular flexibility index (Phi) is 2.17. The molecule has 0 bridgehead atoms. The van der Waals surface area contributed by atoms with E-state index in [4.69, 9.17) is 0 Å². The molecule has 2 aliphatic rings. The lowest BCUT2D eigenvalue weighted by Gasteiger charge is -2.25. The first-order valence-electron chi connectivity index (χ1n) is 5.07. The van der Waals surface area contributed by atoms with Gasteiger partial charge in [-0.05, 0) is 50.1 Å². The molecule has 64 valence electrons. The molecule has 1 N–H and O–H groups in total. The number of rotatable bonds is 4. The average molecular weight is 153 g/mol. The van der Waals surface area contributed by atoms with E-state index in [2.05, 4.69) is 12.2 Å². The molecule has 0 amide bonds. The molecular weight excluding hydrogens is 134 g/mol. The third-order valence-corrected chi connectivity index (χ3v) is 3.34. The fourth-order valence-corrected chi connectivity index (χ4v) is 1.85. The van der Waals surface area contributed by atoms with Crippen LogP contribution >= 0.6 is 0 Å². The van der Waals surface area contributed by atoms with Gasteiger partial charge in [-0.3, -0.25) is 0 Å². The Hall–Kier alpha value is -0.0400. The van der Waals surface area contributed by atoms with Crippen LogP contribution in [0.4, 0.5) is 0 Å². The van der Waals surface area contributed by atoms with Crippen molar-refractivity contribution in [2.75, 3.05) is 13.1 Å². The van der Waals surface area contributed by atoms with E-state index in [-0.39, 0.29) is 0 Å². The molecule has 0 saturated heterocycles. The minimum atomic E-state index is 1.02. The summed E-state index contributed by atoms with van der Waals surface area (Å²) < 4.78 is 0. The van der Waals surface area contributed by atoms with E-state index in [1.54, 1.807) is 0 Å². The molecule has 2 fully saturated rings. The summed E-state index contributed by atoms with van der Waals surface area (Å²) in [6.07, 6.45) is 5.91. The van der Waals surface area contributed by atoms with Gasteiger partial charge < -0.3 is 5.32 Å². The standard InChI is InChI=1S/C10H19N/c1-8-5-10(8)7-11-6-9-3-2-4-9/h8-11H,2-7H2,1H3/t8-,10+/m1/s1. The summed E-state index contributed by atoms with van der Waals surface area (Å²) in [4.78, 5) is 0. The van der Waals surface area contributed by atoms with Crippen molar-refractivity contribution < 1.29 is 0 Å². The zero-order valence-electron chi connectivity index (χ0n) is 7.47. The maximum atomic E-state index is 3.58. The molecule has 0 aromatic heterocycles. The van der Waals surface area contributed by atoms with Gasteiger partial charge in [0.2, 0.25) is 0 Å². The molecule has 0 aromatic rings. The van der Waals surface area contributed by atoms with Crippen LogP contribution in [0.2, 0.25) is 0 Å². The van der Waals surface area contributed by atoms with Gasteiger partial charge in [0.15, 0.2) is 0 Å². The van der Waals surface area contributed by atoms with Gasteiger partial charge in [-0.15, -0.1) is 0 Å². The molecule has 0 aromatic carbocycles. The predicted octanol–water partition coefficient (Wildman–Crippen LogP) is 2.03. The second kappa shape index (κ2) is 3.14. The normalized spacial score (nSPS) is 36.8. The number of hydrogen-bond acceptors (Lipinski definition) is 1. The largest absolute Gasteiger partial charge is 0.316 e. The van der Waals surface area contributed by atoms with Gasteiger partial charge in [0.05, 0.1) is 0 Å². The SMILES string of the molecule is C[C@@H]1C[C@H]1CNCC1CCC1. The first-order valence-corrected chi connectivity index (χ1v) is 5.07. The van der Waals surface area contributed by atoms with Crippen molar-refractivity contribution in [2.45, 2.75) is 32.6 Å². The Morgan fingerprint density at radius 3 is 2.45 bits per heavy atom. The summed E-state index contributed by atoms with van der Waals surface area (Å²) in [7, 11) is 0. The van der Waals surface area contributed by atoms with Crippen LogP contribution in [-0.2, 0) is 0 Å². The zero-order chi connectivity index (χ0) is 7.68. The van der Waals surface area contributed by atoms with Crippen LogP contribution in [0.15, 0.2) is 0 Å². The third kappa shape index (κ3) is 1.96. The molecule has 2 atom stereocenters. The monoisotopic (exact) mass is 153 g/mol. The van der Waals surface area contributed by atoms with Gasteiger partial charge in [-0.1, -0.05) is 13.3 Å². The van der Waals surface area contributed by atoms with Crippen molar-refractivity contribution in [1.82, 2.24) is 5.32 Å². The molecule has 1 heteroatoms. The van der Waals surface area contributed by atoms with E-state index >= 15 is 0 Å². The van der Waals surface area contributed by atoms with Gasteiger partial charge in [0, 0.05) is 0 Å². The Morgan fingerprint density at radius 1 is 1.27 bits per heavy atom. The molecular formula is C10H19N. The van der Waals surface area contributed by atoms with Crippen LogP contribution in [0.5, 0.6) is 0 Å². The Bertz CT molecular complexity index is 124. The van der Waals surface area contributed by atoms with Crippen LogP contribution in [0.3, 0.4) is 0 Å². The van der Waals surface area contributed by atoms with Crippen molar-refractivity contribution in [2.24, 2.45) is 17.8 Å². The lowest BCUT2D eigenvalue weighted by Crippen LogP contribution is -2.28. The molecule has 0 aliphatic heterocycles. The van der Waals surface area contributed by atoms with E-state index in [1.165, 1.54) is 38.8 Å². The molecule has 0 heterocycles. The van der Waals surface area contributed by atoms with Gasteiger partial charge >= 0.3 is 0 Å². The average Bonchev–Trinajstić information content (AvgIpc) is 2.55. The van der Waals surface area contributed by atoms with E-state index in [9.17, 15) is 0 Å². The maximum Gasteiger partial charge on any atom is -0.00177 e. The van der Waals surface area contributed by atoms with E-state index in [0.717, 1.165) is 17.8 Å². The van der Waals surface area contributed by atoms with Crippen LogP contribution in [-0.4, -0.2) is 13.1 Å². The van der Waals surface area contributed by atoms with Gasteiger partial charge in [-0.2, -0.15) is 0 Å². The third-order valence-electron chi connectivity index (χ3n) is 3.34. The minimum absolute atomic E-state index is 1.02. The van der Waals surface area contributed by atoms with Crippen molar-refractivity contribution in [3.05, 3.63) is 0 Å². The lowest BCUT2D eigenvalue weighted by molar-refractivity contribution is 0.300. The van der Waals surface area contributed by atoms with Crippen LogP contribution < -0.4 is 5.32 Å². The van der Waals surface area contributed by atoms with Crippen molar-refractivity contribution in [3.63, 3.8) is 0 Å². The van der Waals surface area contributed by atoms with Crippen LogP contribution in [0, 0.1) is 17.8 Å². The van der Waals surface area contributed by atoms with Gasteiger partial charge in [0.1, 0.15) is 0 Å². The molecule has 1 nitrogen and oxygen atoms in total. The number of nitrogens with one attached hydrogen (secondary N) is 1. The number of hydrogen-bond donors (Lipinski definition) is 1. The minimum Gasteiger partial charge on any atom is -0.316 e. The molecule has 11 heavy (non-hydrogen) atoms. The van der Waals surface area contributed by atoms with Gasteiger partial charge in [0.25, 0.3) is 0 Å². The highest BCUT2D eigenvalue weighted by Crippen LogP contribution is 2.36. The molecule has 2 aliphatic carbocycles. The first-order chi connectivity index (χ1) is 5.36. The maximum absolute atomic E-state index is 3.58. The van der Waals surface area contributed by atoms with Crippen LogP contribution in [0.25, 0.3) is 0 Å². The molecule has 2 saturated carbocycles. The summed E-state index contributed by atoms with van der Waals surface area (Å²) >= 11 is 0. The highest BCUT2D eigenvalue weighted by Gasteiger charge is 2.31. The highest BCUT2D eigenvalue weighted by atomic mass is 14.9. The quantitative estimate of drug-likeness (QED) is 0.651. The van der Waals surface area contributed by atoms with Crippen molar-refractivity contribution >= 4 is 0 Å². The smallest absolute Gasteiger partial charge is 0.00177 e. The fourth-order valence-electron chi connectivity index (χ4n) is 1.85. The zero-order valence-corrected chi connectivity index (χ0v) is 7.47. The first kappa shape index (κ1) is 7.60. The predicted molar refractivity (Wildman–Crippen MR) is 47.5 cm³/mol. The van der Waals surface area contributed by atoms with Crippen LogP contribution in [0.1, 0.15) is 32.6 Å². The summed E-state index contributed by atoms with van der Waals surface area (Å²) in [5.41, 5.74) is 0. The summed E-state index contributed by atoms with van der Waals surface area (Å²) in [6, 6.07) is 0. The van der Waals surface area contributed by atoms with E-state index in [0.29, 0.717) is 0 Å². The lowest BCUT2D eigenvalue weighted by atomic mass is 9.85.